The van der Waals surface area contributed by atoms with Crippen LogP contribution in [0.15, 0.2) is 28.7 Å². The van der Waals surface area contributed by atoms with E-state index < -0.39 is 0 Å². The molecular formula is C9H4BNO. The van der Waals surface area contributed by atoms with Gasteiger partial charge in [-0.1, -0.05) is 0 Å². The van der Waals surface area contributed by atoms with Crippen molar-refractivity contribution in [1.82, 2.24) is 0 Å². The van der Waals surface area contributed by atoms with Crippen LogP contribution in [0.3, 0.4) is 0 Å². The van der Waals surface area contributed by atoms with Crippen LogP contribution in [-0.2, 0) is 0 Å². The highest BCUT2D eigenvalue weighted by Crippen LogP contribution is 2.14. The Balaban J connectivity index is 2.77. The predicted molar refractivity (Wildman–Crippen MR) is 46.3 cm³/mol. The van der Waals surface area contributed by atoms with Crippen molar-refractivity contribution >= 4 is 24.5 Å². The highest BCUT2D eigenvalue weighted by molar-refractivity contribution is 6.31. The average molecular weight is 153 g/mol. The largest absolute Gasteiger partial charge is 0.473 e. The zero-order chi connectivity index (χ0) is 8.55. The van der Waals surface area contributed by atoms with E-state index in [0.717, 1.165) is 5.39 Å². The molecule has 0 aliphatic rings. The molecule has 0 N–H and O–H groups in total. The molecule has 0 amide bonds. The summed E-state index contributed by atoms with van der Waals surface area (Å²) in [7, 11) is 5.43. The molecule has 54 valence electrons. The van der Waals surface area contributed by atoms with E-state index in [4.69, 9.17) is 17.5 Å². The Labute approximate surface area is 70.8 Å². The molecule has 2 nitrogen and oxygen atoms in total. The quantitative estimate of drug-likeness (QED) is 0.531. The SMILES string of the molecule is [B]c1cc2ccc(C#N)cc2o1. The lowest BCUT2D eigenvalue weighted by molar-refractivity contribution is 0.653. The van der Waals surface area contributed by atoms with Gasteiger partial charge in [-0.15, -0.1) is 0 Å². The molecule has 0 fully saturated rings. The third kappa shape index (κ3) is 0.979. The van der Waals surface area contributed by atoms with Gasteiger partial charge in [0.1, 0.15) is 5.58 Å². The lowest BCUT2D eigenvalue weighted by atomic mass is 10.1. The molecule has 3 heteroatoms. The minimum absolute atomic E-state index is 0.375. The summed E-state index contributed by atoms with van der Waals surface area (Å²) in [5.41, 5.74) is 1.61. The first-order valence-corrected chi connectivity index (χ1v) is 3.49. The molecule has 1 aromatic carbocycles. The fourth-order valence-electron chi connectivity index (χ4n) is 1.12. The Bertz CT molecular complexity index is 467. The Hall–Kier alpha value is -1.69. The molecular weight excluding hydrogens is 149 g/mol. The van der Waals surface area contributed by atoms with Crippen LogP contribution in [0, 0.1) is 11.3 Å². The standard InChI is InChI=1S/C9H4BNO/c10-9-4-7-2-1-6(5-11)3-8(7)12-9/h1-4H. The van der Waals surface area contributed by atoms with Crippen molar-refractivity contribution in [1.29, 1.82) is 5.26 Å². The summed E-state index contributed by atoms with van der Waals surface area (Å²) in [5, 5.41) is 9.50. The molecule has 0 aliphatic heterocycles. The second kappa shape index (κ2) is 2.42. The maximum Gasteiger partial charge on any atom is 0.167 e. The molecule has 0 spiro atoms. The van der Waals surface area contributed by atoms with Crippen molar-refractivity contribution in [3.8, 4) is 6.07 Å². The van der Waals surface area contributed by atoms with Crippen LogP contribution in [0.4, 0.5) is 0 Å². The summed E-state index contributed by atoms with van der Waals surface area (Å²) in [6.07, 6.45) is 0. The van der Waals surface area contributed by atoms with Crippen molar-refractivity contribution in [2.24, 2.45) is 0 Å². The van der Waals surface area contributed by atoms with Gasteiger partial charge < -0.3 is 4.42 Å². The van der Waals surface area contributed by atoms with Crippen LogP contribution in [0.5, 0.6) is 0 Å². The lowest BCUT2D eigenvalue weighted by Crippen LogP contribution is -1.92. The third-order valence-corrected chi connectivity index (χ3v) is 1.67. The zero-order valence-corrected chi connectivity index (χ0v) is 6.24. The van der Waals surface area contributed by atoms with Crippen molar-refractivity contribution in [3.63, 3.8) is 0 Å². The van der Waals surface area contributed by atoms with Gasteiger partial charge >= 0.3 is 0 Å². The minimum atomic E-state index is 0.375. The predicted octanol–water partition coefficient (Wildman–Crippen LogP) is 1.10. The number of nitriles is 1. The van der Waals surface area contributed by atoms with E-state index in [1.807, 2.05) is 12.1 Å². The molecule has 2 rings (SSSR count). The van der Waals surface area contributed by atoms with Gasteiger partial charge in [0.2, 0.25) is 0 Å². The summed E-state index contributed by atoms with van der Waals surface area (Å²) in [5.74, 6) is 0. The molecule has 0 atom stereocenters. The number of hydrogen-bond acceptors (Lipinski definition) is 2. The molecule has 0 unspecified atom stereocenters. The van der Waals surface area contributed by atoms with Crippen LogP contribution in [-0.4, -0.2) is 7.85 Å². The number of fused-ring (bicyclic) bond motifs is 1. The monoisotopic (exact) mass is 153 g/mol. The van der Waals surface area contributed by atoms with Crippen molar-refractivity contribution in [2.45, 2.75) is 0 Å². The van der Waals surface area contributed by atoms with E-state index in [2.05, 4.69) is 0 Å². The van der Waals surface area contributed by atoms with Crippen LogP contribution in [0.1, 0.15) is 5.56 Å². The molecule has 0 bridgehead atoms. The van der Waals surface area contributed by atoms with Gasteiger partial charge in [-0.2, -0.15) is 5.26 Å². The molecule has 2 radical (unpaired) electrons. The second-order valence-electron chi connectivity index (χ2n) is 2.51. The highest BCUT2D eigenvalue weighted by Gasteiger charge is 1.99. The number of rotatable bonds is 0. The number of furan rings is 1. The van der Waals surface area contributed by atoms with Crippen molar-refractivity contribution < 1.29 is 4.42 Å². The number of benzene rings is 1. The normalized spacial score (nSPS) is 9.92. The zero-order valence-electron chi connectivity index (χ0n) is 6.24. The van der Waals surface area contributed by atoms with Gasteiger partial charge in [-0.3, -0.25) is 0 Å². The van der Waals surface area contributed by atoms with E-state index in [-0.39, 0.29) is 0 Å². The summed E-state index contributed by atoms with van der Waals surface area (Å²) < 4.78 is 5.14. The van der Waals surface area contributed by atoms with E-state index in [0.29, 0.717) is 16.8 Å². The van der Waals surface area contributed by atoms with Gasteiger partial charge in [0.05, 0.1) is 11.6 Å². The Morgan fingerprint density at radius 1 is 1.33 bits per heavy atom. The first-order valence-electron chi connectivity index (χ1n) is 3.49. The molecule has 12 heavy (non-hydrogen) atoms. The van der Waals surface area contributed by atoms with E-state index in [1.54, 1.807) is 18.2 Å². The van der Waals surface area contributed by atoms with Crippen LogP contribution in [0.25, 0.3) is 11.0 Å². The fraction of sp³-hybridized carbons (Fsp3) is 0. The van der Waals surface area contributed by atoms with Crippen LogP contribution < -0.4 is 5.66 Å². The second-order valence-corrected chi connectivity index (χ2v) is 2.51. The van der Waals surface area contributed by atoms with Crippen LogP contribution >= 0.6 is 0 Å². The number of hydrogen-bond donors (Lipinski definition) is 0. The molecule has 0 saturated carbocycles. The van der Waals surface area contributed by atoms with Crippen molar-refractivity contribution in [3.05, 3.63) is 29.8 Å². The molecule has 2 aromatic rings. The number of nitrogens with zero attached hydrogens (tertiary/aromatic N) is 1. The summed E-state index contributed by atoms with van der Waals surface area (Å²) in [6.45, 7) is 0. The highest BCUT2D eigenvalue weighted by atomic mass is 16.3. The first kappa shape index (κ1) is 6.99. The van der Waals surface area contributed by atoms with Gasteiger partial charge in [-0.05, 0) is 24.3 Å². The lowest BCUT2D eigenvalue weighted by Gasteiger charge is -1.87. The Morgan fingerprint density at radius 3 is 2.92 bits per heavy atom. The fourth-order valence-corrected chi connectivity index (χ4v) is 1.12. The third-order valence-electron chi connectivity index (χ3n) is 1.67. The molecule has 0 aliphatic carbocycles. The van der Waals surface area contributed by atoms with Gasteiger partial charge in [-0.25, -0.2) is 0 Å². The van der Waals surface area contributed by atoms with E-state index in [1.165, 1.54) is 0 Å². The van der Waals surface area contributed by atoms with Crippen molar-refractivity contribution in [2.75, 3.05) is 0 Å². The molecule has 0 saturated heterocycles. The average Bonchev–Trinajstić information content (AvgIpc) is 2.43. The summed E-state index contributed by atoms with van der Waals surface area (Å²) >= 11 is 0. The maximum atomic E-state index is 8.58. The molecule has 1 aromatic heterocycles. The smallest absolute Gasteiger partial charge is 0.167 e. The molecule has 1 heterocycles. The van der Waals surface area contributed by atoms with E-state index in [9.17, 15) is 0 Å². The summed E-state index contributed by atoms with van der Waals surface area (Å²) in [4.78, 5) is 0. The minimum Gasteiger partial charge on any atom is -0.473 e. The van der Waals surface area contributed by atoms with Gasteiger partial charge in [0.25, 0.3) is 0 Å². The topological polar surface area (TPSA) is 36.9 Å². The maximum absolute atomic E-state index is 8.58. The summed E-state index contributed by atoms with van der Waals surface area (Å²) in [6, 6.07) is 8.98. The van der Waals surface area contributed by atoms with Crippen LogP contribution in [0.2, 0.25) is 0 Å². The van der Waals surface area contributed by atoms with E-state index >= 15 is 0 Å². The van der Waals surface area contributed by atoms with Gasteiger partial charge in [0, 0.05) is 11.0 Å². The Kier molecular flexibility index (Phi) is 1.41. The van der Waals surface area contributed by atoms with Gasteiger partial charge in [0.15, 0.2) is 7.85 Å². The first-order chi connectivity index (χ1) is 5.79. The Morgan fingerprint density at radius 2 is 2.17 bits per heavy atom.